The van der Waals surface area contributed by atoms with Crippen molar-refractivity contribution in [2.45, 2.75) is 18.9 Å². The van der Waals surface area contributed by atoms with Crippen LogP contribution in [0.15, 0.2) is 18.2 Å². The van der Waals surface area contributed by atoms with Gasteiger partial charge in [0.2, 0.25) is 0 Å². The van der Waals surface area contributed by atoms with Gasteiger partial charge >= 0.3 is 0 Å². The molecule has 0 aromatic heterocycles. The van der Waals surface area contributed by atoms with Gasteiger partial charge in [0.15, 0.2) is 0 Å². The predicted molar refractivity (Wildman–Crippen MR) is 67.0 cm³/mol. The van der Waals surface area contributed by atoms with Gasteiger partial charge in [0.25, 0.3) is 5.91 Å². The van der Waals surface area contributed by atoms with E-state index in [1.807, 2.05) is 0 Å². The molecule has 1 atom stereocenters. The molecule has 1 fully saturated rings. The highest BCUT2D eigenvalue weighted by Crippen LogP contribution is 2.23. The van der Waals surface area contributed by atoms with Crippen LogP contribution in [0, 0.1) is 0 Å². The Morgan fingerprint density at radius 3 is 2.94 bits per heavy atom. The molecule has 1 aromatic rings. The minimum Gasteiger partial charge on any atom is -0.399 e. The fraction of sp³-hybridized carbons (Fsp3) is 0.417. The first-order valence-electron chi connectivity index (χ1n) is 5.59. The number of hydrogen-bond acceptors (Lipinski definition) is 3. The van der Waals surface area contributed by atoms with Crippen molar-refractivity contribution < 1.29 is 9.90 Å². The van der Waals surface area contributed by atoms with E-state index < -0.39 is 0 Å². The first kappa shape index (κ1) is 12.2. The zero-order chi connectivity index (χ0) is 12.4. The number of anilines is 1. The van der Waals surface area contributed by atoms with Crippen molar-refractivity contribution in [3.8, 4) is 0 Å². The van der Waals surface area contributed by atoms with Gasteiger partial charge in [0.1, 0.15) is 0 Å². The van der Waals surface area contributed by atoms with E-state index in [2.05, 4.69) is 0 Å². The average molecular weight is 255 g/mol. The second-order valence-corrected chi connectivity index (χ2v) is 4.69. The lowest BCUT2D eigenvalue weighted by Gasteiger charge is -2.23. The molecule has 1 heterocycles. The quantitative estimate of drug-likeness (QED) is 0.787. The Balaban J connectivity index is 2.24. The topological polar surface area (TPSA) is 66.6 Å². The summed E-state index contributed by atoms with van der Waals surface area (Å²) in [5.74, 6) is -0.115. The van der Waals surface area contributed by atoms with Gasteiger partial charge in [-0.2, -0.15) is 0 Å². The molecule has 0 bridgehead atoms. The zero-order valence-corrected chi connectivity index (χ0v) is 10.2. The van der Waals surface area contributed by atoms with Crippen LogP contribution in [0.2, 0.25) is 5.02 Å². The number of aliphatic hydroxyl groups excluding tert-OH is 1. The highest BCUT2D eigenvalue weighted by molar-refractivity contribution is 6.31. The van der Waals surface area contributed by atoms with Crippen molar-refractivity contribution in [3.63, 3.8) is 0 Å². The lowest BCUT2D eigenvalue weighted by atomic mass is 10.1. The largest absolute Gasteiger partial charge is 0.399 e. The van der Waals surface area contributed by atoms with E-state index in [0.717, 1.165) is 12.8 Å². The van der Waals surface area contributed by atoms with Crippen LogP contribution < -0.4 is 5.73 Å². The standard InChI is InChI=1S/C12H15ClN2O2/c13-9-4-8(5-10(14)6-9)12(17)15-3-1-2-11(15)7-16/h4-6,11,16H,1-3,7,14H2/t11-/m1/s1. The Bertz CT molecular complexity index is 416. The summed E-state index contributed by atoms with van der Waals surface area (Å²) < 4.78 is 0. The Morgan fingerprint density at radius 1 is 1.53 bits per heavy atom. The SMILES string of the molecule is Nc1cc(Cl)cc(C(=O)N2CCC[C@@H]2CO)c1. The third-order valence-electron chi connectivity index (χ3n) is 3.02. The highest BCUT2D eigenvalue weighted by atomic mass is 35.5. The van der Waals surface area contributed by atoms with Crippen molar-refractivity contribution >= 4 is 23.2 Å². The van der Waals surface area contributed by atoms with E-state index in [9.17, 15) is 9.90 Å². The van der Waals surface area contributed by atoms with Gasteiger partial charge in [0, 0.05) is 22.8 Å². The van der Waals surface area contributed by atoms with E-state index >= 15 is 0 Å². The summed E-state index contributed by atoms with van der Waals surface area (Å²) in [6.45, 7) is 0.679. The molecule has 1 saturated heterocycles. The number of nitrogens with zero attached hydrogens (tertiary/aromatic N) is 1. The summed E-state index contributed by atoms with van der Waals surface area (Å²) in [6, 6.07) is 4.74. The molecule has 0 radical (unpaired) electrons. The molecule has 1 aromatic carbocycles. The van der Waals surface area contributed by atoms with Crippen molar-refractivity contribution in [2.75, 3.05) is 18.9 Å². The smallest absolute Gasteiger partial charge is 0.254 e. The molecule has 0 saturated carbocycles. The molecular formula is C12H15ClN2O2. The summed E-state index contributed by atoms with van der Waals surface area (Å²) >= 11 is 5.87. The Hall–Kier alpha value is -1.26. The molecule has 0 aliphatic carbocycles. The lowest BCUT2D eigenvalue weighted by molar-refractivity contribution is 0.0677. The van der Waals surface area contributed by atoms with Gasteiger partial charge in [-0.15, -0.1) is 0 Å². The molecule has 0 spiro atoms. The van der Waals surface area contributed by atoms with E-state index in [1.165, 1.54) is 0 Å². The number of nitrogens with two attached hydrogens (primary N) is 1. The first-order valence-corrected chi connectivity index (χ1v) is 5.97. The Morgan fingerprint density at radius 2 is 2.29 bits per heavy atom. The molecule has 3 N–H and O–H groups in total. The maximum absolute atomic E-state index is 12.2. The second-order valence-electron chi connectivity index (χ2n) is 4.25. The van der Waals surface area contributed by atoms with E-state index in [0.29, 0.717) is 22.8 Å². The number of aliphatic hydroxyl groups is 1. The van der Waals surface area contributed by atoms with Crippen LogP contribution in [-0.4, -0.2) is 35.1 Å². The number of amides is 1. The third-order valence-corrected chi connectivity index (χ3v) is 3.23. The molecule has 4 nitrogen and oxygen atoms in total. The molecule has 1 amide bonds. The number of rotatable bonds is 2. The molecule has 17 heavy (non-hydrogen) atoms. The van der Waals surface area contributed by atoms with Gasteiger partial charge in [-0.1, -0.05) is 11.6 Å². The predicted octanol–water partition coefficient (Wildman–Crippen LogP) is 1.52. The van der Waals surface area contributed by atoms with Crippen molar-refractivity contribution in [1.82, 2.24) is 4.90 Å². The van der Waals surface area contributed by atoms with Crippen molar-refractivity contribution in [3.05, 3.63) is 28.8 Å². The second kappa shape index (κ2) is 4.94. The normalized spacial score (nSPS) is 19.6. The number of carbonyl (C=O) groups excluding carboxylic acids is 1. The number of hydrogen-bond donors (Lipinski definition) is 2. The minimum atomic E-state index is -0.115. The van der Waals surface area contributed by atoms with Crippen LogP contribution in [0.1, 0.15) is 23.2 Å². The minimum absolute atomic E-state index is 0.00177. The Labute approximate surface area is 105 Å². The van der Waals surface area contributed by atoms with Gasteiger partial charge < -0.3 is 15.7 Å². The number of likely N-dealkylation sites (tertiary alicyclic amines) is 1. The Kier molecular flexibility index (Phi) is 3.54. The van der Waals surface area contributed by atoms with Crippen molar-refractivity contribution in [2.24, 2.45) is 0 Å². The summed E-state index contributed by atoms with van der Waals surface area (Å²) in [6.07, 6.45) is 1.77. The molecule has 1 aliphatic rings. The van der Waals surface area contributed by atoms with Crippen LogP contribution >= 0.6 is 11.6 Å². The molecule has 0 unspecified atom stereocenters. The average Bonchev–Trinajstić information content (AvgIpc) is 2.74. The summed E-state index contributed by atoms with van der Waals surface area (Å²) in [4.78, 5) is 13.9. The summed E-state index contributed by atoms with van der Waals surface area (Å²) in [5.41, 5.74) is 6.61. The lowest BCUT2D eigenvalue weighted by Crippen LogP contribution is -2.37. The van der Waals surface area contributed by atoms with Crippen molar-refractivity contribution in [1.29, 1.82) is 0 Å². The third kappa shape index (κ3) is 2.53. The van der Waals surface area contributed by atoms with Crippen LogP contribution in [0.4, 0.5) is 5.69 Å². The van der Waals surface area contributed by atoms with Crippen LogP contribution in [0.3, 0.4) is 0 Å². The zero-order valence-electron chi connectivity index (χ0n) is 9.40. The highest BCUT2D eigenvalue weighted by Gasteiger charge is 2.28. The van der Waals surface area contributed by atoms with Gasteiger partial charge in [-0.05, 0) is 31.0 Å². The van der Waals surface area contributed by atoms with Crippen LogP contribution in [0.25, 0.3) is 0 Å². The van der Waals surface area contributed by atoms with Gasteiger partial charge in [0.05, 0.1) is 12.6 Å². The fourth-order valence-corrected chi connectivity index (χ4v) is 2.44. The van der Waals surface area contributed by atoms with E-state index in [4.69, 9.17) is 17.3 Å². The number of benzene rings is 1. The molecule has 92 valence electrons. The van der Waals surface area contributed by atoms with Crippen LogP contribution in [-0.2, 0) is 0 Å². The first-order chi connectivity index (χ1) is 8.11. The fourth-order valence-electron chi connectivity index (χ4n) is 2.19. The molecule has 2 rings (SSSR count). The maximum atomic E-state index is 12.2. The van der Waals surface area contributed by atoms with Gasteiger partial charge in [-0.3, -0.25) is 4.79 Å². The summed E-state index contributed by atoms with van der Waals surface area (Å²) in [7, 11) is 0. The summed E-state index contributed by atoms with van der Waals surface area (Å²) in [5, 5.41) is 9.65. The molecule has 5 heteroatoms. The van der Waals surface area contributed by atoms with E-state index in [-0.39, 0.29) is 18.6 Å². The van der Waals surface area contributed by atoms with E-state index in [1.54, 1.807) is 23.1 Å². The molecule has 1 aliphatic heterocycles. The number of halogens is 1. The van der Waals surface area contributed by atoms with Crippen LogP contribution in [0.5, 0.6) is 0 Å². The monoisotopic (exact) mass is 254 g/mol. The number of carbonyl (C=O) groups is 1. The molecular weight excluding hydrogens is 240 g/mol. The maximum Gasteiger partial charge on any atom is 0.254 e. The van der Waals surface area contributed by atoms with Gasteiger partial charge in [-0.25, -0.2) is 0 Å². The number of nitrogen functional groups attached to an aromatic ring is 1.